The highest BCUT2D eigenvalue weighted by atomic mass is 16.2. The maximum atomic E-state index is 13.0. The van der Waals surface area contributed by atoms with E-state index in [2.05, 4.69) is 50.4 Å². The fourth-order valence-corrected chi connectivity index (χ4v) is 4.26. The molecule has 1 amide bonds. The van der Waals surface area contributed by atoms with Gasteiger partial charge in [-0.05, 0) is 37.8 Å². The summed E-state index contributed by atoms with van der Waals surface area (Å²) in [5.41, 5.74) is 1.33. The zero-order valence-electron chi connectivity index (χ0n) is 15.2. The molecule has 2 fully saturated rings. The van der Waals surface area contributed by atoms with Crippen LogP contribution in [0.1, 0.15) is 37.3 Å². The Morgan fingerprint density at radius 2 is 1.88 bits per heavy atom. The summed E-state index contributed by atoms with van der Waals surface area (Å²) in [5.74, 6) is 0.496. The Morgan fingerprint density at radius 1 is 1.08 bits per heavy atom. The molecule has 1 aromatic heterocycles. The minimum atomic E-state index is 0.149. The highest BCUT2D eigenvalue weighted by Crippen LogP contribution is 2.25. The van der Waals surface area contributed by atoms with Crippen molar-refractivity contribution in [2.75, 3.05) is 26.2 Å². The molecule has 1 unspecified atom stereocenters. The SMILES string of the molecule is O=C(C1CCCN(Cc2ccccc2)C1)N1CCC(n2ccnn2)CC1. The van der Waals surface area contributed by atoms with Gasteiger partial charge in [0.25, 0.3) is 0 Å². The second kappa shape index (κ2) is 7.99. The topological polar surface area (TPSA) is 54.3 Å². The van der Waals surface area contributed by atoms with Crippen LogP contribution >= 0.6 is 0 Å². The molecule has 2 aliphatic rings. The number of benzene rings is 1. The van der Waals surface area contributed by atoms with Gasteiger partial charge in [-0.1, -0.05) is 35.5 Å². The van der Waals surface area contributed by atoms with Crippen molar-refractivity contribution in [3.8, 4) is 0 Å². The lowest BCUT2D eigenvalue weighted by Gasteiger charge is -2.37. The van der Waals surface area contributed by atoms with Crippen molar-refractivity contribution in [1.82, 2.24) is 24.8 Å². The van der Waals surface area contributed by atoms with Gasteiger partial charge in [0.2, 0.25) is 5.91 Å². The Balaban J connectivity index is 1.30. The second-order valence-electron chi connectivity index (χ2n) is 7.50. The lowest BCUT2D eigenvalue weighted by atomic mass is 9.94. The first kappa shape index (κ1) is 17.2. The van der Waals surface area contributed by atoms with Crippen molar-refractivity contribution in [3.63, 3.8) is 0 Å². The first-order valence-corrected chi connectivity index (χ1v) is 9.70. The standard InChI is InChI=1S/C20H27N5O/c26-20(24-12-8-19(9-13-24)25-14-10-21-22-25)18-7-4-11-23(16-18)15-17-5-2-1-3-6-17/h1-3,5-6,10,14,18-19H,4,7-9,11-13,15-16H2. The monoisotopic (exact) mass is 353 g/mol. The number of hydrogen-bond acceptors (Lipinski definition) is 4. The third-order valence-electron chi connectivity index (χ3n) is 5.70. The molecular formula is C20H27N5O. The highest BCUT2D eigenvalue weighted by Gasteiger charge is 2.31. The number of nitrogens with zero attached hydrogens (tertiary/aromatic N) is 5. The molecule has 26 heavy (non-hydrogen) atoms. The van der Waals surface area contributed by atoms with Crippen molar-refractivity contribution in [2.45, 2.75) is 38.3 Å². The zero-order chi connectivity index (χ0) is 17.8. The van der Waals surface area contributed by atoms with E-state index < -0.39 is 0 Å². The quantitative estimate of drug-likeness (QED) is 0.847. The molecule has 6 heteroatoms. The molecule has 0 aliphatic carbocycles. The lowest BCUT2D eigenvalue weighted by molar-refractivity contribution is -0.138. The number of likely N-dealkylation sites (tertiary alicyclic amines) is 2. The van der Waals surface area contributed by atoms with Crippen LogP contribution in [0.2, 0.25) is 0 Å². The van der Waals surface area contributed by atoms with E-state index in [0.717, 1.165) is 58.4 Å². The van der Waals surface area contributed by atoms with Crippen LogP contribution in [-0.4, -0.2) is 56.9 Å². The van der Waals surface area contributed by atoms with E-state index in [1.165, 1.54) is 5.56 Å². The van der Waals surface area contributed by atoms with Crippen LogP contribution in [0.5, 0.6) is 0 Å². The fraction of sp³-hybridized carbons (Fsp3) is 0.550. The van der Waals surface area contributed by atoms with Crippen molar-refractivity contribution >= 4 is 5.91 Å². The van der Waals surface area contributed by atoms with Gasteiger partial charge in [-0.3, -0.25) is 9.69 Å². The summed E-state index contributed by atoms with van der Waals surface area (Å²) < 4.78 is 1.93. The number of carbonyl (C=O) groups is 1. The van der Waals surface area contributed by atoms with Gasteiger partial charge in [0.1, 0.15) is 0 Å². The number of aromatic nitrogens is 3. The molecule has 0 saturated carbocycles. The van der Waals surface area contributed by atoms with E-state index in [0.29, 0.717) is 11.9 Å². The van der Waals surface area contributed by atoms with Gasteiger partial charge in [-0.25, -0.2) is 4.68 Å². The van der Waals surface area contributed by atoms with Crippen molar-refractivity contribution in [3.05, 3.63) is 48.3 Å². The van der Waals surface area contributed by atoms with Crippen LogP contribution in [0.3, 0.4) is 0 Å². The largest absolute Gasteiger partial charge is 0.342 e. The number of amides is 1. The average molecular weight is 353 g/mol. The number of hydrogen-bond donors (Lipinski definition) is 0. The zero-order valence-corrected chi connectivity index (χ0v) is 15.2. The highest BCUT2D eigenvalue weighted by molar-refractivity contribution is 5.79. The molecule has 1 atom stereocenters. The van der Waals surface area contributed by atoms with Crippen LogP contribution in [-0.2, 0) is 11.3 Å². The molecular weight excluding hydrogens is 326 g/mol. The smallest absolute Gasteiger partial charge is 0.226 e. The number of rotatable bonds is 4. The number of carbonyl (C=O) groups excluding carboxylic acids is 1. The summed E-state index contributed by atoms with van der Waals surface area (Å²) in [4.78, 5) is 17.5. The molecule has 2 aromatic rings. The minimum absolute atomic E-state index is 0.149. The third-order valence-corrected chi connectivity index (χ3v) is 5.70. The maximum Gasteiger partial charge on any atom is 0.226 e. The van der Waals surface area contributed by atoms with Crippen molar-refractivity contribution < 1.29 is 4.79 Å². The molecule has 4 rings (SSSR count). The van der Waals surface area contributed by atoms with Crippen LogP contribution in [0, 0.1) is 5.92 Å². The Labute approximate surface area is 154 Å². The summed E-state index contributed by atoms with van der Waals surface area (Å²) in [6.45, 7) is 4.58. The first-order chi connectivity index (χ1) is 12.8. The van der Waals surface area contributed by atoms with Gasteiger partial charge < -0.3 is 4.90 Å². The summed E-state index contributed by atoms with van der Waals surface area (Å²) in [7, 11) is 0. The van der Waals surface area contributed by atoms with E-state index in [1.54, 1.807) is 6.20 Å². The first-order valence-electron chi connectivity index (χ1n) is 9.70. The van der Waals surface area contributed by atoms with Crippen LogP contribution in [0.4, 0.5) is 0 Å². The molecule has 138 valence electrons. The van der Waals surface area contributed by atoms with Gasteiger partial charge in [0.15, 0.2) is 0 Å². The van der Waals surface area contributed by atoms with E-state index in [1.807, 2.05) is 10.9 Å². The Hall–Kier alpha value is -2.21. The van der Waals surface area contributed by atoms with Crippen LogP contribution < -0.4 is 0 Å². The molecule has 2 aliphatic heterocycles. The minimum Gasteiger partial charge on any atom is -0.342 e. The molecule has 2 saturated heterocycles. The molecule has 6 nitrogen and oxygen atoms in total. The second-order valence-corrected chi connectivity index (χ2v) is 7.50. The summed E-state index contributed by atoms with van der Waals surface area (Å²) in [6, 6.07) is 10.9. The normalized spacial score (nSPS) is 22.5. The Kier molecular flexibility index (Phi) is 5.29. The Morgan fingerprint density at radius 3 is 2.62 bits per heavy atom. The third kappa shape index (κ3) is 3.96. The summed E-state index contributed by atoms with van der Waals surface area (Å²) >= 11 is 0. The van der Waals surface area contributed by atoms with Gasteiger partial charge in [-0.15, -0.1) is 5.10 Å². The molecule has 3 heterocycles. The summed E-state index contributed by atoms with van der Waals surface area (Å²) in [6.07, 6.45) is 7.71. The van der Waals surface area contributed by atoms with Gasteiger partial charge >= 0.3 is 0 Å². The van der Waals surface area contributed by atoms with Gasteiger partial charge in [0, 0.05) is 32.4 Å². The molecule has 0 N–H and O–H groups in total. The predicted molar refractivity (Wildman–Crippen MR) is 99.3 cm³/mol. The van der Waals surface area contributed by atoms with E-state index in [4.69, 9.17) is 0 Å². The van der Waals surface area contributed by atoms with E-state index >= 15 is 0 Å². The summed E-state index contributed by atoms with van der Waals surface area (Å²) in [5, 5.41) is 8.00. The molecule has 0 bridgehead atoms. The van der Waals surface area contributed by atoms with E-state index in [9.17, 15) is 4.79 Å². The number of piperidine rings is 2. The van der Waals surface area contributed by atoms with Gasteiger partial charge in [0.05, 0.1) is 18.2 Å². The van der Waals surface area contributed by atoms with Crippen molar-refractivity contribution in [2.24, 2.45) is 5.92 Å². The maximum absolute atomic E-state index is 13.0. The average Bonchev–Trinajstić information content (AvgIpc) is 3.23. The fourth-order valence-electron chi connectivity index (χ4n) is 4.26. The predicted octanol–water partition coefficient (Wildman–Crippen LogP) is 2.35. The Bertz CT molecular complexity index is 694. The van der Waals surface area contributed by atoms with E-state index in [-0.39, 0.29) is 5.92 Å². The van der Waals surface area contributed by atoms with Crippen LogP contribution in [0.15, 0.2) is 42.7 Å². The molecule has 0 radical (unpaired) electrons. The molecule has 0 spiro atoms. The lowest BCUT2D eigenvalue weighted by Crippen LogP contribution is -2.47. The van der Waals surface area contributed by atoms with Crippen molar-refractivity contribution in [1.29, 1.82) is 0 Å². The van der Waals surface area contributed by atoms with Crippen LogP contribution in [0.25, 0.3) is 0 Å². The van der Waals surface area contributed by atoms with Gasteiger partial charge in [-0.2, -0.15) is 0 Å². The molecule has 1 aromatic carbocycles.